The molecule has 0 unspecified atom stereocenters. The van der Waals surface area contributed by atoms with E-state index in [-0.39, 0.29) is 23.5 Å². The van der Waals surface area contributed by atoms with Gasteiger partial charge >= 0.3 is 5.63 Å². The van der Waals surface area contributed by atoms with Crippen LogP contribution in [-0.2, 0) is 11.3 Å². The maximum absolute atomic E-state index is 12.1. The molecule has 1 N–H and O–H groups in total. The molecule has 1 fully saturated rings. The summed E-state index contributed by atoms with van der Waals surface area (Å²) in [5, 5.41) is 4.17. The normalized spacial score (nSPS) is 16.2. The summed E-state index contributed by atoms with van der Waals surface area (Å²) >= 11 is 0. The highest BCUT2D eigenvalue weighted by Crippen LogP contribution is 2.28. The first kappa shape index (κ1) is 20.6. The molecule has 1 saturated heterocycles. The largest absolute Gasteiger partial charge is 0.423 e. The number of rotatable bonds is 5. The molecule has 1 amide bonds. The third kappa shape index (κ3) is 4.64. The van der Waals surface area contributed by atoms with Gasteiger partial charge in [0.1, 0.15) is 5.58 Å². The second kappa shape index (κ2) is 8.48. The summed E-state index contributed by atoms with van der Waals surface area (Å²) in [4.78, 5) is 26.4. The highest BCUT2D eigenvalue weighted by atomic mass is 16.4. The van der Waals surface area contributed by atoms with Crippen LogP contribution in [0.4, 0.5) is 0 Å². The molecule has 0 atom stereocenters. The Morgan fingerprint density at radius 1 is 1.18 bits per heavy atom. The summed E-state index contributed by atoms with van der Waals surface area (Å²) in [7, 11) is 0. The molecular weight excluding hydrogens is 352 g/mol. The van der Waals surface area contributed by atoms with Crippen molar-refractivity contribution in [2.45, 2.75) is 66.0 Å². The lowest BCUT2D eigenvalue weighted by Gasteiger charge is -2.32. The average Bonchev–Trinajstić information content (AvgIpc) is 2.62. The van der Waals surface area contributed by atoms with E-state index in [2.05, 4.69) is 37.1 Å². The van der Waals surface area contributed by atoms with Crippen LogP contribution in [0.15, 0.2) is 27.4 Å². The zero-order valence-corrected chi connectivity index (χ0v) is 17.7. The molecule has 0 aliphatic carbocycles. The van der Waals surface area contributed by atoms with E-state index in [1.165, 1.54) is 5.56 Å². The van der Waals surface area contributed by atoms with Crippen molar-refractivity contribution in [3.8, 4) is 0 Å². The molecule has 5 nitrogen and oxygen atoms in total. The number of benzene rings is 1. The highest BCUT2D eigenvalue weighted by Gasteiger charge is 2.22. The zero-order chi connectivity index (χ0) is 20.4. The number of nitrogens with one attached hydrogen (secondary N) is 1. The number of fused-ring (bicyclic) bond motifs is 1. The molecule has 152 valence electrons. The Morgan fingerprint density at radius 3 is 2.46 bits per heavy atom. The molecule has 0 spiro atoms. The minimum absolute atomic E-state index is 0.0200. The van der Waals surface area contributed by atoms with Gasteiger partial charge in [-0.05, 0) is 54.5 Å². The topological polar surface area (TPSA) is 62.6 Å². The van der Waals surface area contributed by atoms with Crippen LogP contribution in [0, 0.1) is 12.8 Å². The lowest BCUT2D eigenvalue weighted by Crippen LogP contribution is -2.45. The van der Waals surface area contributed by atoms with E-state index >= 15 is 0 Å². The van der Waals surface area contributed by atoms with Crippen molar-refractivity contribution in [2.75, 3.05) is 13.1 Å². The SMILES string of the molecule is Cc1cc2oc(=O)cc(CN3CCC(NC(=O)C(C)C)CC3)c2cc1C(C)C. The Morgan fingerprint density at radius 2 is 1.86 bits per heavy atom. The van der Waals surface area contributed by atoms with Crippen LogP contribution in [0.2, 0.25) is 0 Å². The van der Waals surface area contributed by atoms with E-state index in [1.807, 2.05) is 19.9 Å². The molecule has 0 radical (unpaired) electrons. The maximum Gasteiger partial charge on any atom is 0.336 e. The molecule has 1 aromatic carbocycles. The highest BCUT2D eigenvalue weighted by molar-refractivity contribution is 5.82. The molecule has 0 bridgehead atoms. The summed E-state index contributed by atoms with van der Waals surface area (Å²) in [5.41, 5.74) is 3.85. The van der Waals surface area contributed by atoms with Gasteiger partial charge in [0.05, 0.1) is 0 Å². The summed E-state index contributed by atoms with van der Waals surface area (Å²) in [5.74, 6) is 0.567. The molecule has 28 heavy (non-hydrogen) atoms. The number of likely N-dealkylation sites (tertiary alicyclic amines) is 1. The summed E-state index contributed by atoms with van der Waals surface area (Å²) in [6.45, 7) is 12.8. The maximum atomic E-state index is 12.1. The van der Waals surface area contributed by atoms with Crippen molar-refractivity contribution in [3.63, 3.8) is 0 Å². The smallest absolute Gasteiger partial charge is 0.336 e. The minimum Gasteiger partial charge on any atom is -0.423 e. The Hall–Kier alpha value is -2.14. The molecule has 2 heterocycles. The van der Waals surface area contributed by atoms with E-state index in [1.54, 1.807) is 6.07 Å². The molecular formula is C23H32N2O3. The summed E-state index contributed by atoms with van der Waals surface area (Å²) < 4.78 is 5.47. The van der Waals surface area contributed by atoms with Crippen molar-refractivity contribution in [1.82, 2.24) is 10.2 Å². The zero-order valence-electron chi connectivity index (χ0n) is 17.7. The quantitative estimate of drug-likeness (QED) is 0.793. The molecule has 1 aliphatic rings. The number of hydrogen-bond acceptors (Lipinski definition) is 4. The van der Waals surface area contributed by atoms with Gasteiger partial charge in [-0.2, -0.15) is 0 Å². The second-order valence-corrected chi connectivity index (χ2v) is 8.66. The Balaban J connectivity index is 1.77. The molecule has 5 heteroatoms. The van der Waals surface area contributed by atoms with Crippen molar-refractivity contribution in [1.29, 1.82) is 0 Å². The van der Waals surface area contributed by atoms with Gasteiger partial charge in [0.2, 0.25) is 5.91 Å². The van der Waals surface area contributed by atoms with Crippen LogP contribution in [0.5, 0.6) is 0 Å². The molecule has 3 rings (SSSR count). The lowest BCUT2D eigenvalue weighted by molar-refractivity contribution is -0.125. The monoisotopic (exact) mass is 384 g/mol. The van der Waals surface area contributed by atoms with Crippen molar-refractivity contribution in [3.05, 3.63) is 45.3 Å². The summed E-state index contributed by atoms with van der Waals surface area (Å²) in [6.07, 6.45) is 1.88. The molecule has 2 aromatic rings. The van der Waals surface area contributed by atoms with Crippen LogP contribution in [0.3, 0.4) is 0 Å². The van der Waals surface area contributed by atoms with Crippen LogP contribution in [0.25, 0.3) is 11.0 Å². The predicted octanol–water partition coefficient (Wildman–Crippen LogP) is 3.96. The van der Waals surface area contributed by atoms with Crippen molar-refractivity contribution in [2.24, 2.45) is 5.92 Å². The molecule has 1 aromatic heterocycles. The number of aryl methyl sites for hydroxylation is 1. The summed E-state index contributed by atoms with van der Waals surface area (Å²) in [6, 6.07) is 6.06. The van der Waals surface area contributed by atoms with E-state index in [0.717, 1.165) is 49.0 Å². The Labute approximate surface area is 167 Å². The van der Waals surface area contributed by atoms with Crippen molar-refractivity contribution >= 4 is 16.9 Å². The van der Waals surface area contributed by atoms with Gasteiger partial charge in [-0.25, -0.2) is 4.79 Å². The molecule has 0 saturated carbocycles. The van der Waals surface area contributed by atoms with Gasteiger partial charge in [0.25, 0.3) is 0 Å². The van der Waals surface area contributed by atoms with E-state index in [9.17, 15) is 9.59 Å². The first-order valence-electron chi connectivity index (χ1n) is 10.3. The fourth-order valence-corrected chi connectivity index (χ4v) is 3.99. The number of carbonyl (C=O) groups excluding carboxylic acids is 1. The fraction of sp³-hybridized carbons (Fsp3) is 0.565. The first-order valence-corrected chi connectivity index (χ1v) is 10.3. The second-order valence-electron chi connectivity index (χ2n) is 8.66. The fourth-order valence-electron chi connectivity index (χ4n) is 3.99. The third-order valence-corrected chi connectivity index (χ3v) is 5.69. The predicted molar refractivity (Wildman–Crippen MR) is 113 cm³/mol. The first-order chi connectivity index (χ1) is 13.2. The minimum atomic E-state index is -0.293. The van der Waals surface area contributed by atoms with Gasteiger partial charge in [0, 0.05) is 43.0 Å². The number of nitrogens with zero attached hydrogens (tertiary/aromatic N) is 1. The standard InChI is InChI=1S/C23H32N2O3/c1-14(2)19-12-20-17(11-22(26)28-21(20)10-16(19)5)13-25-8-6-18(7-9-25)24-23(27)15(3)4/h10-12,14-15,18H,6-9,13H2,1-5H3,(H,24,27). The van der Waals surface area contributed by atoms with Crippen LogP contribution < -0.4 is 10.9 Å². The van der Waals surface area contributed by atoms with E-state index in [0.29, 0.717) is 11.5 Å². The third-order valence-electron chi connectivity index (χ3n) is 5.69. The van der Waals surface area contributed by atoms with E-state index < -0.39 is 0 Å². The average molecular weight is 385 g/mol. The van der Waals surface area contributed by atoms with Gasteiger partial charge in [-0.1, -0.05) is 27.7 Å². The molecule has 1 aliphatic heterocycles. The number of piperidine rings is 1. The van der Waals surface area contributed by atoms with Gasteiger partial charge in [-0.15, -0.1) is 0 Å². The Kier molecular flexibility index (Phi) is 6.23. The van der Waals surface area contributed by atoms with Gasteiger partial charge < -0.3 is 9.73 Å². The number of hydrogen-bond donors (Lipinski definition) is 1. The van der Waals surface area contributed by atoms with Crippen LogP contribution in [-0.4, -0.2) is 29.9 Å². The van der Waals surface area contributed by atoms with Crippen LogP contribution >= 0.6 is 0 Å². The van der Waals surface area contributed by atoms with E-state index in [4.69, 9.17) is 4.42 Å². The van der Waals surface area contributed by atoms with Crippen LogP contribution in [0.1, 0.15) is 63.1 Å². The Bertz CT molecular complexity index is 906. The lowest BCUT2D eigenvalue weighted by atomic mass is 9.94. The number of carbonyl (C=O) groups is 1. The van der Waals surface area contributed by atoms with Gasteiger partial charge in [0.15, 0.2) is 0 Å². The number of amides is 1. The van der Waals surface area contributed by atoms with Crippen molar-refractivity contribution < 1.29 is 9.21 Å². The van der Waals surface area contributed by atoms with Gasteiger partial charge in [-0.3, -0.25) is 9.69 Å².